The molecule has 13 nitrogen and oxygen atoms in total. The molecule has 15 heteroatoms. The minimum Gasteiger partial charge on any atom is -0.382 e. The van der Waals surface area contributed by atoms with Crippen molar-refractivity contribution in [1.29, 1.82) is 0 Å². The van der Waals surface area contributed by atoms with Crippen molar-refractivity contribution in [1.82, 2.24) is 44.9 Å². The maximum absolute atomic E-state index is 13.2. The molecule has 2 saturated heterocycles. The standard InChI is InChI=1S/C27H28N10O3S2/c1-13-14(2)41-26(32-13)20-7-4-15(10-29-20)19-11-31-37-24(28)23(42(3,39)40)22(33-25(19)37)16-8-17-5-6-18(9-16)36(17)27(38)21-12-30-35-34-21/h4,7,10-12,16-18H,5-6,8-9,28H2,1-3H3,(H,30,34,35)/t16-,17+,18-. The molecule has 0 saturated carbocycles. The van der Waals surface area contributed by atoms with Gasteiger partial charge in [-0.1, -0.05) is 11.3 Å². The highest BCUT2D eigenvalue weighted by atomic mass is 32.2. The summed E-state index contributed by atoms with van der Waals surface area (Å²) in [6.45, 7) is 4.01. The fraction of sp³-hybridized carbons (Fsp3) is 0.370. The summed E-state index contributed by atoms with van der Waals surface area (Å²) in [6, 6.07) is 3.72. The summed E-state index contributed by atoms with van der Waals surface area (Å²) in [4.78, 5) is 30.4. The molecule has 216 valence electrons. The third-order valence-electron chi connectivity index (χ3n) is 8.36. The van der Waals surface area contributed by atoms with Crippen LogP contribution in [0.25, 0.3) is 27.5 Å². The van der Waals surface area contributed by atoms with Gasteiger partial charge in [0.2, 0.25) is 0 Å². The van der Waals surface area contributed by atoms with Crippen LogP contribution in [0.1, 0.15) is 58.4 Å². The van der Waals surface area contributed by atoms with Gasteiger partial charge in [-0.2, -0.15) is 9.61 Å². The highest BCUT2D eigenvalue weighted by molar-refractivity contribution is 7.91. The van der Waals surface area contributed by atoms with Gasteiger partial charge in [-0.25, -0.2) is 18.4 Å². The number of nitrogens with zero attached hydrogens (tertiary/aromatic N) is 8. The largest absolute Gasteiger partial charge is 0.382 e. The first-order valence-electron chi connectivity index (χ1n) is 13.6. The first-order chi connectivity index (χ1) is 20.1. The molecular formula is C27H28N10O3S2. The quantitative estimate of drug-likeness (QED) is 0.303. The summed E-state index contributed by atoms with van der Waals surface area (Å²) >= 11 is 1.60. The lowest BCUT2D eigenvalue weighted by molar-refractivity contribution is 0.0562. The van der Waals surface area contributed by atoms with Gasteiger partial charge in [0.05, 0.1) is 29.5 Å². The molecule has 7 rings (SSSR count). The number of hydrogen-bond donors (Lipinski definition) is 2. The van der Waals surface area contributed by atoms with Crippen LogP contribution in [0.5, 0.6) is 0 Å². The van der Waals surface area contributed by atoms with Crippen LogP contribution in [0.4, 0.5) is 5.82 Å². The topological polar surface area (TPSA) is 178 Å². The van der Waals surface area contributed by atoms with E-state index in [0.717, 1.165) is 45.9 Å². The SMILES string of the molecule is Cc1nc(-c2ccc(-c3cnn4c(N)c(S(C)(=O)=O)c([C@H]5C[C@H]6CC[C@@H](C5)N6C(=O)c5cnn[nH]5)nc34)cn2)sc1C. The van der Waals surface area contributed by atoms with Gasteiger partial charge in [-0.15, -0.1) is 16.4 Å². The number of rotatable bonds is 5. The molecule has 2 bridgehead atoms. The number of fused-ring (bicyclic) bond motifs is 3. The van der Waals surface area contributed by atoms with E-state index in [1.165, 1.54) is 10.7 Å². The summed E-state index contributed by atoms with van der Waals surface area (Å²) in [5, 5.41) is 15.3. The number of carbonyl (C=O) groups is 1. The van der Waals surface area contributed by atoms with Crippen molar-refractivity contribution >= 4 is 38.5 Å². The van der Waals surface area contributed by atoms with Crippen LogP contribution < -0.4 is 5.73 Å². The number of piperidine rings is 1. The number of nitrogens with two attached hydrogens (primary N) is 1. The highest BCUT2D eigenvalue weighted by Crippen LogP contribution is 2.45. The van der Waals surface area contributed by atoms with Crippen molar-refractivity contribution in [3.63, 3.8) is 0 Å². The number of sulfone groups is 1. The van der Waals surface area contributed by atoms with E-state index in [1.807, 2.05) is 30.9 Å². The molecule has 0 aliphatic carbocycles. The Labute approximate surface area is 245 Å². The summed E-state index contributed by atoms with van der Waals surface area (Å²) in [5.74, 6) is -0.325. The van der Waals surface area contributed by atoms with Crippen LogP contribution in [-0.4, -0.2) is 77.5 Å². The minimum absolute atomic E-state index is 0.00502. The Morgan fingerprint density at radius 3 is 2.45 bits per heavy atom. The average molecular weight is 605 g/mol. The highest BCUT2D eigenvalue weighted by Gasteiger charge is 2.46. The van der Waals surface area contributed by atoms with Crippen LogP contribution in [0.15, 0.2) is 35.6 Å². The Kier molecular flexibility index (Phi) is 6.13. The molecule has 5 aromatic heterocycles. The van der Waals surface area contributed by atoms with Gasteiger partial charge >= 0.3 is 0 Å². The zero-order chi connectivity index (χ0) is 29.3. The predicted molar refractivity (Wildman–Crippen MR) is 156 cm³/mol. The van der Waals surface area contributed by atoms with Crippen LogP contribution in [-0.2, 0) is 9.84 Å². The van der Waals surface area contributed by atoms with Crippen molar-refractivity contribution < 1.29 is 13.2 Å². The number of hydrogen-bond acceptors (Lipinski definition) is 11. The van der Waals surface area contributed by atoms with E-state index in [4.69, 9.17) is 10.7 Å². The Morgan fingerprint density at radius 1 is 1.10 bits per heavy atom. The van der Waals surface area contributed by atoms with Crippen molar-refractivity contribution in [2.45, 2.75) is 62.4 Å². The fourth-order valence-electron chi connectivity index (χ4n) is 6.31. The number of aromatic nitrogens is 8. The van der Waals surface area contributed by atoms with E-state index in [-0.39, 0.29) is 34.6 Å². The van der Waals surface area contributed by atoms with Gasteiger partial charge in [-0.05, 0) is 45.6 Å². The fourth-order valence-corrected chi connectivity index (χ4v) is 8.26. The number of H-pyrrole nitrogens is 1. The third-order valence-corrected chi connectivity index (χ3v) is 10.6. The van der Waals surface area contributed by atoms with Crippen molar-refractivity contribution in [2.24, 2.45) is 0 Å². The zero-order valence-corrected chi connectivity index (χ0v) is 24.8. The van der Waals surface area contributed by atoms with E-state index in [2.05, 4.69) is 30.5 Å². The molecule has 3 atom stereocenters. The molecule has 0 spiro atoms. The third kappa shape index (κ3) is 4.26. The number of nitrogens with one attached hydrogen (secondary N) is 1. The molecule has 0 aromatic carbocycles. The van der Waals surface area contributed by atoms with E-state index in [1.54, 1.807) is 23.7 Å². The van der Waals surface area contributed by atoms with Crippen molar-refractivity contribution in [3.05, 3.63) is 52.7 Å². The smallest absolute Gasteiger partial charge is 0.274 e. The first kappa shape index (κ1) is 26.6. The van der Waals surface area contributed by atoms with Gasteiger partial charge < -0.3 is 10.6 Å². The van der Waals surface area contributed by atoms with Gasteiger partial charge in [0.1, 0.15) is 21.4 Å². The Balaban J connectivity index is 1.28. The van der Waals surface area contributed by atoms with Gasteiger partial charge in [0, 0.05) is 46.5 Å². The van der Waals surface area contributed by atoms with Crippen LogP contribution in [0.2, 0.25) is 0 Å². The molecule has 1 amide bonds. The normalized spacial score (nSPS) is 20.5. The molecule has 2 fully saturated rings. The summed E-state index contributed by atoms with van der Waals surface area (Å²) in [5.41, 5.74) is 11.0. The second-order valence-electron chi connectivity index (χ2n) is 11.0. The average Bonchev–Trinajstić information content (AvgIpc) is 3.75. The number of aromatic amines is 1. The second kappa shape index (κ2) is 9.66. The number of carbonyl (C=O) groups excluding carboxylic acids is 1. The molecule has 0 unspecified atom stereocenters. The minimum atomic E-state index is -3.75. The Hall–Kier alpha value is -4.24. The van der Waals surface area contributed by atoms with Crippen molar-refractivity contribution in [3.8, 4) is 21.8 Å². The summed E-state index contributed by atoms with van der Waals surface area (Å²) in [6.07, 6.45) is 8.74. The van der Waals surface area contributed by atoms with Crippen molar-refractivity contribution in [2.75, 3.05) is 12.0 Å². The van der Waals surface area contributed by atoms with E-state index in [9.17, 15) is 13.2 Å². The van der Waals surface area contributed by atoms with Crippen LogP contribution in [0, 0.1) is 13.8 Å². The molecule has 7 heterocycles. The number of anilines is 1. The van der Waals surface area contributed by atoms with Gasteiger partial charge in [-0.3, -0.25) is 14.9 Å². The van der Waals surface area contributed by atoms with Gasteiger partial charge in [0.25, 0.3) is 5.91 Å². The Bertz CT molecular complexity index is 1910. The van der Waals surface area contributed by atoms with E-state index >= 15 is 0 Å². The molecular weight excluding hydrogens is 576 g/mol. The molecule has 3 N–H and O–H groups in total. The molecule has 2 aliphatic heterocycles. The van der Waals surface area contributed by atoms with E-state index < -0.39 is 9.84 Å². The lowest BCUT2D eigenvalue weighted by Gasteiger charge is -2.39. The van der Waals surface area contributed by atoms with Gasteiger partial charge in [0.15, 0.2) is 15.5 Å². The van der Waals surface area contributed by atoms with Crippen LogP contribution >= 0.6 is 11.3 Å². The molecule has 5 aromatic rings. The molecule has 0 radical (unpaired) electrons. The number of aryl methyl sites for hydroxylation is 2. The number of amides is 1. The number of thiazole rings is 1. The molecule has 42 heavy (non-hydrogen) atoms. The maximum Gasteiger partial charge on any atom is 0.274 e. The first-order valence-corrected chi connectivity index (χ1v) is 16.3. The van der Waals surface area contributed by atoms with Crippen LogP contribution in [0.3, 0.4) is 0 Å². The maximum atomic E-state index is 13.2. The lowest BCUT2D eigenvalue weighted by atomic mass is 9.87. The summed E-state index contributed by atoms with van der Waals surface area (Å²) in [7, 11) is -3.75. The second-order valence-corrected chi connectivity index (χ2v) is 14.2. The molecule has 2 aliphatic rings. The number of nitrogen functional groups attached to an aromatic ring is 1. The monoisotopic (exact) mass is 604 g/mol. The predicted octanol–water partition coefficient (Wildman–Crippen LogP) is 3.19. The Morgan fingerprint density at radius 2 is 1.86 bits per heavy atom. The number of pyridine rings is 1. The summed E-state index contributed by atoms with van der Waals surface area (Å²) < 4.78 is 27.6. The zero-order valence-electron chi connectivity index (χ0n) is 23.1. The lowest BCUT2D eigenvalue weighted by Crippen LogP contribution is -2.46. The van der Waals surface area contributed by atoms with E-state index in [0.29, 0.717) is 35.4 Å².